The first-order valence-corrected chi connectivity index (χ1v) is 7.43. The molecule has 3 N–H and O–H groups in total. The largest absolute Gasteiger partial charge is 0.385 e. The fourth-order valence-corrected chi connectivity index (χ4v) is 2.81. The van der Waals surface area contributed by atoms with Gasteiger partial charge in [0.2, 0.25) is 10.0 Å². The van der Waals surface area contributed by atoms with Crippen molar-refractivity contribution in [1.82, 2.24) is 0 Å². The number of hydrogen-bond donors (Lipinski definition) is 2. The lowest BCUT2D eigenvalue weighted by atomic mass is 10.1. The van der Waals surface area contributed by atoms with Crippen LogP contribution in [0.15, 0.2) is 18.2 Å². The van der Waals surface area contributed by atoms with Crippen molar-refractivity contribution in [3.63, 3.8) is 0 Å². The van der Waals surface area contributed by atoms with Crippen molar-refractivity contribution in [3.8, 4) is 0 Å². The van der Waals surface area contributed by atoms with E-state index in [9.17, 15) is 8.42 Å². The quantitative estimate of drug-likeness (QED) is 0.732. The Kier molecular flexibility index (Phi) is 5.58. The molecule has 0 heterocycles. The highest BCUT2D eigenvalue weighted by Gasteiger charge is 2.13. The van der Waals surface area contributed by atoms with E-state index in [2.05, 4.69) is 4.72 Å². The molecule has 0 aliphatic rings. The zero-order valence-corrected chi connectivity index (χ0v) is 11.6. The molecule has 1 rings (SSSR count). The van der Waals surface area contributed by atoms with Crippen LogP contribution < -0.4 is 10.5 Å². The first-order valence-electron chi connectivity index (χ1n) is 5.78. The molecular formula is C12H20N2O3S. The molecule has 0 aromatic heterocycles. The third kappa shape index (κ3) is 4.29. The molecule has 1 aromatic carbocycles. The zero-order valence-electron chi connectivity index (χ0n) is 10.8. The van der Waals surface area contributed by atoms with Crippen molar-refractivity contribution < 1.29 is 13.2 Å². The second-order valence-electron chi connectivity index (χ2n) is 4.07. The molecule has 0 saturated carbocycles. The van der Waals surface area contributed by atoms with Crippen LogP contribution in [0, 0.1) is 6.92 Å². The lowest BCUT2D eigenvalue weighted by molar-refractivity contribution is 0.199. The summed E-state index contributed by atoms with van der Waals surface area (Å²) in [4.78, 5) is 0. The van der Waals surface area contributed by atoms with Crippen LogP contribution in [-0.4, -0.2) is 27.9 Å². The maximum absolute atomic E-state index is 11.8. The topological polar surface area (TPSA) is 81.4 Å². The molecule has 0 atom stereocenters. The summed E-state index contributed by atoms with van der Waals surface area (Å²) in [6.45, 7) is 2.64. The van der Waals surface area contributed by atoms with Gasteiger partial charge in [-0.15, -0.1) is 0 Å². The van der Waals surface area contributed by atoms with Gasteiger partial charge in [-0.1, -0.05) is 12.1 Å². The second-order valence-corrected chi connectivity index (χ2v) is 5.91. The van der Waals surface area contributed by atoms with Gasteiger partial charge in [-0.2, -0.15) is 0 Å². The number of nitrogens with two attached hydrogens (primary N) is 1. The van der Waals surface area contributed by atoms with Gasteiger partial charge in [0.1, 0.15) is 0 Å². The van der Waals surface area contributed by atoms with E-state index in [-0.39, 0.29) is 5.75 Å². The number of hydrogen-bond acceptors (Lipinski definition) is 4. The molecule has 5 nitrogen and oxygen atoms in total. The highest BCUT2D eigenvalue weighted by molar-refractivity contribution is 7.92. The average Bonchev–Trinajstić information content (AvgIpc) is 2.29. The van der Waals surface area contributed by atoms with Gasteiger partial charge < -0.3 is 10.5 Å². The normalized spacial score (nSPS) is 11.5. The van der Waals surface area contributed by atoms with Gasteiger partial charge in [-0.05, 0) is 30.5 Å². The number of sulfonamides is 1. The van der Waals surface area contributed by atoms with E-state index in [0.717, 1.165) is 11.1 Å². The highest BCUT2D eigenvalue weighted by atomic mass is 32.2. The molecule has 0 saturated heterocycles. The van der Waals surface area contributed by atoms with Gasteiger partial charge in [0.25, 0.3) is 0 Å². The van der Waals surface area contributed by atoms with E-state index < -0.39 is 10.0 Å². The standard InChI is InChI=1S/C12H20N2O3S/c1-10-5-3-6-12(11(10)9-13)14-18(15,16)8-4-7-17-2/h3,5-6,14H,4,7-9,13H2,1-2H3. The number of nitrogens with one attached hydrogen (secondary N) is 1. The second kappa shape index (κ2) is 6.72. The van der Waals surface area contributed by atoms with Crippen LogP contribution in [-0.2, 0) is 21.3 Å². The van der Waals surface area contributed by atoms with Gasteiger partial charge in [-0.25, -0.2) is 8.42 Å². The number of ether oxygens (including phenoxy) is 1. The Morgan fingerprint density at radius 1 is 1.39 bits per heavy atom. The van der Waals surface area contributed by atoms with Gasteiger partial charge in [0.15, 0.2) is 0 Å². The lowest BCUT2D eigenvalue weighted by Crippen LogP contribution is -2.19. The predicted molar refractivity (Wildman–Crippen MR) is 73.0 cm³/mol. The molecule has 6 heteroatoms. The molecule has 0 radical (unpaired) electrons. The molecule has 0 spiro atoms. The van der Waals surface area contributed by atoms with Crippen LogP contribution >= 0.6 is 0 Å². The number of anilines is 1. The molecule has 102 valence electrons. The maximum atomic E-state index is 11.8. The van der Waals surface area contributed by atoms with Crippen LogP contribution in [0.2, 0.25) is 0 Å². The summed E-state index contributed by atoms with van der Waals surface area (Å²) in [5, 5.41) is 0. The van der Waals surface area contributed by atoms with Crippen LogP contribution in [0.3, 0.4) is 0 Å². The first kappa shape index (κ1) is 14.9. The molecule has 0 unspecified atom stereocenters. The van der Waals surface area contributed by atoms with E-state index in [1.54, 1.807) is 13.2 Å². The maximum Gasteiger partial charge on any atom is 0.232 e. The summed E-state index contributed by atoms with van der Waals surface area (Å²) in [5.74, 6) is 0.0405. The fraction of sp³-hybridized carbons (Fsp3) is 0.500. The highest BCUT2D eigenvalue weighted by Crippen LogP contribution is 2.20. The van der Waals surface area contributed by atoms with Crippen LogP contribution in [0.5, 0.6) is 0 Å². The Morgan fingerprint density at radius 3 is 2.72 bits per heavy atom. The molecule has 0 amide bonds. The van der Waals surface area contributed by atoms with Gasteiger partial charge in [0, 0.05) is 20.3 Å². The van der Waals surface area contributed by atoms with Crippen molar-refractivity contribution in [2.75, 3.05) is 24.2 Å². The average molecular weight is 272 g/mol. The Bertz CT molecular complexity index is 486. The van der Waals surface area contributed by atoms with Crippen molar-refractivity contribution in [2.24, 2.45) is 5.73 Å². The zero-order chi connectivity index (χ0) is 13.6. The number of aryl methyl sites for hydroxylation is 1. The van der Waals surface area contributed by atoms with E-state index in [1.807, 2.05) is 19.1 Å². The van der Waals surface area contributed by atoms with Gasteiger partial charge in [0.05, 0.1) is 11.4 Å². The van der Waals surface area contributed by atoms with Crippen molar-refractivity contribution in [2.45, 2.75) is 19.9 Å². The molecule has 18 heavy (non-hydrogen) atoms. The molecule has 1 aromatic rings. The SMILES string of the molecule is COCCCS(=O)(=O)Nc1cccc(C)c1CN. The van der Waals surface area contributed by atoms with E-state index >= 15 is 0 Å². The third-order valence-corrected chi connectivity index (χ3v) is 4.00. The Hall–Kier alpha value is -1.11. The summed E-state index contributed by atoms with van der Waals surface area (Å²) < 4.78 is 31.1. The van der Waals surface area contributed by atoms with Crippen molar-refractivity contribution in [1.29, 1.82) is 0 Å². The summed E-state index contributed by atoms with van der Waals surface area (Å²) in [6.07, 6.45) is 0.468. The van der Waals surface area contributed by atoms with Crippen LogP contribution in [0.4, 0.5) is 5.69 Å². The number of methoxy groups -OCH3 is 1. The van der Waals surface area contributed by atoms with Crippen molar-refractivity contribution >= 4 is 15.7 Å². The Labute approximate surface area is 108 Å². The fourth-order valence-electron chi connectivity index (χ4n) is 1.68. The predicted octanol–water partition coefficient (Wildman–Crippen LogP) is 1.23. The van der Waals surface area contributed by atoms with E-state index in [1.165, 1.54) is 0 Å². The summed E-state index contributed by atoms with van der Waals surface area (Å²) in [7, 11) is -1.79. The molecule has 0 aliphatic heterocycles. The molecule has 0 fully saturated rings. The summed E-state index contributed by atoms with van der Waals surface area (Å²) in [6, 6.07) is 5.44. The molecule has 0 bridgehead atoms. The number of benzene rings is 1. The summed E-state index contributed by atoms with van der Waals surface area (Å²) >= 11 is 0. The van der Waals surface area contributed by atoms with Gasteiger partial charge >= 0.3 is 0 Å². The Balaban J connectivity index is 2.81. The molecule has 0 aliphatic carbocycles. The van der Waals surface area contributed by atoms with E-state index in [0.29, 0.717) is 25.3 Å². The monoisotopic (exact) mass is 272 g/mol. The first-order chi connectivity index (χ1) is 8.50. The third-order valence-electron chi connectivity index (χ3n) is 2.64. The minimum atomic E-state index is -3.34. The number of rotatable bonds is 7. The minimum absolute atomic E-state index is 0.0405. The van der Waals surface area contributed by atoms with Crippen LogP contribution in [0.25, 0.3) is 0 Å². The smallest absolute Gasteiger partial charge is 0.232 e. The van der Waals surface area contributed by atoms with E-state index in [4.69, 9.17) is 10.5 Å². The van der Waals surface area contributed by atoms with Crippen LogP contribution in [0.1, 0.15) is 17.5 Å². The Morgan fingerprint density at radius 2 is 2.11 bits per heavy atom. The van der Waals surface area contributed by atoms with Crippen molar-refractivity contribution in [3.05, 3.63) is 29.3 Å². The summed E-state index contributed by atoms with van der Waals surface area (Å²) in [5.41, 5.74) is 8.01. The van der Waals surface area contributed by atoms with Gasteiger partial charge in [-0.3, -0.25) is 4.72 Å². The lowest BCUT2D eigenvalue weighted by Gasteiger charge is -2.13. The molecular weight excluding hydrogens is 252 g/mol. The minimum Gasteiger partial charge on any atom is -0.385 e.